The van der Waals surface area contributed by atoms with Crippen molar-refractivity contribution in [3.8, 4) is 22.8 Å². The number of sulfone groups is 1. The maximum Gasteiger partial charge on any atom is 0.303 e. The first-order chi connectivity index (χ1) is 22.4. The van der Waals surface area contributed by atoms with Crippen molar-refractivity contribution >= 4 is 26.7 Å². The van der Waals surface area contributed by atoms with Gasteiger partial charge in [0.15, 0.2) is 21.4 Å². The molecule has 12 heteroatoms. The van der Waals surface area contributed by atoms with Gasteiger partial charge in [0, 0.05) is 53.5 Å². The molecule has 1 aliphatic heterocycles. The second-order valence-electron chi connectivity index (χ2n) is 12.4. The van der Waals surface area contributed by atoms with Crippen LogP contribution in [0.25, 0.3) is 22.2 Å². The average Bonchev–Trinajstić information content (AvgIpc) is 3.68. The molecule has 1 unspecified atom stereocenters. The molecule has 4 bridgehead atoms. The van der Waals surface area contributed by atoms with Gasteiger partial charge in [0.2, 0.25) is 0 Å². The van der Waals surface area contributed by atoms with Crippen molar-refractivity contribution < 1.29 is 36.6 Å². The van der Waals surface area contributed by atoms with Crippen molar-refractivity contribution in [1.82, 2.24) is 14.8 Å². The highest BCUT2D eigenvalue weighted by Gasteiger charge is 2.29. The number of hydrogen-bond acceptors (Lipinski definition) is 6. The third kappa shape index (κ3) is 7.39. The lowest BCUT2D eigenvalue weighted by Gasteiger charge is -2.27. The number of carbonyl (C=O) groups is 1. The molecule has 0 fully saturated rings. The Hall–Kier alpha value is -4.55. The molecule has 2 N–H and O–H groups in total. The smallest absolute Gasteiger partial charge is 0.303 e. The van der Waals surface area contributed by atoms with E-state index in [0.717, 1.165) is 11.1 Å². The third-order valence-corrected chi connectivity index (χ3v) is 10.3. The van der Waals surface area contributed by atoms with Crippen LogP contribution in [0.1, 0.15) is 49.4 Å². The van der Waals surface area contributed by atoms with E-state index in [1.165, 1.54) is 24.3 Å². The minimum Gasteiger partial charge on any atom is -0.481 e. The number of nitrogens with zero attached hydrogens (tertiary/aromatic N) is 2. The molecule has 2 aromatic heterocycles. The molecule has 1 atom stereocenters. The fourth-order valence-electron chi connectivity index (χ4n) is 6.13. The second-order valence-corrected chi connectivity index (χ2v) is 14.6. The lowest BCUT2D eigenvalue weighted by molar-refractivity contribution is -0.136. The van der Waals surface area contributed by atoms with Crippen molar-refractivity contribution in [2.24, 2.45) is 0 Å². The minimum absolute atomic E-state index is 0.0153. The van der Waals surface area contributed by atoms with Gasteiger partial charge in [-0.1, -0.05) is 24.3 Å². The first kappa shape index (κ1) is 32.4. The maximum atomic E-state index is 15.5. The van der Waals surface area contributed by atoms with Crippen LogP contribution in [-0.4, -0.2) is 58.0 Å². The summed E-state index contributed by atoms with van der Waals surface area (Å²) in [7, 11) is -3.68. The largest absolute Gasteiger partial charge is 0.481 e. The number of rotatable bonds is 4. The summed E-state index contributed by atoms with van der Waals surface area (Å²) in [5.41, 5.74) is 1.99. The van der Waals surface area contributed by atoms with Gasteiger partial charge < -0.3 is 19.6 Å². The van der Waals surface area contributed by atoms with Crippen molar-refractivity contribution in [2.75, 3.05) is 18.1 Å². The molecule has 6 rings (SSSR count). The molecule has 0 spiro atoms. The summed E-state index contributed by atoms with van der Waals surface area (Å²) in [4.78, 5) is 14.2. The molecule has 0 radical (unpaired) electrons. The number of hydrogen-bond donors (Lipinski definition) is 2. The van der Waals surface area contributed by atoms with Gasteiger partial charge in [-0.3, -0.25) is 9.48 Å². The Morgan fingerprint density at radius 3 is 2.74 bits per heavy atom. The van der Waals surface area contributed by atoms with Gasteiger partial charge in [0.25, 0.3) is 0 Å². The van der Waals surface area contributed by atoms with Crippen LogP contribution in [-0.2, 0) is 32.2 Å². The molecule has 246 valence electrons. The standard InChI is InChI=1S/C35H35F2N3O6S/c1-35(2)21-47(43,44)17-13-26-25-10-14-38-31(25)20-29(37)34(26)46-24-7-8-28(36)27(19-24)30-11-15-40(39-30)32(12-16-45-35)23-5-3-4-22(18-23)6-9-33(41)42/h3-5,7-8,10-11,14-15,18-20,32,38H,6,9,12-13,16-17,21H2,1-2H3,(H,41,42). The number of nitrogens with one attached hydrogen (secondary N) is 1. The normalized spacial score (nSPS) is 18.1. The number of H-pyrrole nitrogens is 1. The van der Waals surface area contributed by atoms with Gasteiger partial charge in [-0.15, -0.1) is 0 Å². The predicted octanol–water partition coefficient (Wildman–Crippen LogP) is 6.86. The van der Waals surface area contributed by atoms with E-state index in [4.69, 9.17) is 14.6 Å². The van der Waals surface area contributed by atoms with Crippen LogP contribution < -0.4 is 4.74 Å². The third-order valence-electron chi connectivity index (χ3n) is 8.31. The van der Waals surface area contributed by atoms with E-state index in [1.54, 1.807) is 43.1 Å². The monoisotopic (exact) mass is 663 g/mol. The quantitative estimate of drug-likeness (QED) is 0.215. The number of aryl methyl sites for hydroxylation is 2. The maximum absolute atomic E-state index is 15.5. The topological polar surface area (TPSA) is 124 Å². The highest BCUT2D eigenvalue weighted by molar-refractivity contribution is 7.91. The Balaban J connectivity index is 1.44. The molecule has 5 aromatic rings. The van der Waals surface area contributed by atoms with Crippen molar-refractivity contribution in [3.05, 3.63) is 101 Å². The molecule has 47 heavy (non-hydrogen) atoms. The number of halogens is 2. The summed E-state index contributed by atoms with van der Waals surface area (Å²) in [6.45, 7) is 3.61. The van der Waals surface area contributed by atoms with E-state index < -0.39 is 39.1 Å². The van der Waals surface area contributed by atoms with Crippen LogP contribution in [0.3, 0.4) is 0 Å². The summed E-state index contributed by atoms with van der Waals surface area (Å²) >= 11 is 0. The molecule has 3 heterocycles. The van der Waals surface area contributed by atoms with Gasteiger partial charge in [-0.05, 0) is 74.6 Å². The lowest BCUT2D eigenvalue weighted by atomic mass is 9.99. The van der Waals surface area contributed by atoms with Crippen molar-refractivity contribution in [2.45, 2.75) is 51.2 Å². The Labute approximate surface area is 271 Å². The van der Waals surface area contributed by atoms with Crippen LogP contribution in [0.4, 0.5) is 8.78 Å². The highest BCUT2D eigenvalue weighted by atomic mass is 32.2. The van der Waals surface area contributed by atoms with Gasteiger partial charge in [0.1, 0.15) is 11.6 Å². The summed E-state index contributed by atoms with van der Waals surface area (Å²) in [6.07, 6.45) is 4.08. The first-order valence-corrected chi connectivity index (χ1v) is 17.2. The fourth-order valence-corrected chi connectivity index (χ4v) is 7.93. The van der Waals surface area contributed by atoms with E-state index >= 15 is 8.78 Å². The molecule has 0 aliphatic carbocycles. The number of aromatic amines is 1. The number of carboxylic acid groups (broad SMARTS) is 1. The zero-order chi connectivity index (χ0) is 33.3. The number of carboxylic acids is 1. The Morgan fingerprint density at radius 2 is 1.94 bits per heavy atom. The molecule has 0 amide bonds. The zero-order valence-corrected chi connectivity index (χ0v) is 26.8. The summed E-state index contributed by atoms with van der Waals surface area (Å²) < 4.78 is 71.6. The van der Waals surface area contributed by atoms with Crippen LogP contribution in [0.5, 0.6) is 11.5 Å². The molecule has 9 nitrogen and oxygen atoms in total. The fraction of sp³-hybridized carbons (Fsp3) is 0.314. The first-order valence-electron chi connectivity index (χ1n) is 15.3. The molecular weight excluding hydrogens is 628 g/mol. The molecule has 3 aromatic carbocycles. The van der Waals surface area contributed by atoms with Crippen LogP contribution in [0.15, 0.2) is 73.1 Å². The number of benzene rings is 3. The lowest BCUT2D eigenvalue weighted by Crippen LogP contribution is -2.36. The zero-order valence-electron chi connectivity index (χ0n) is 26.0. The van der Waals surface area contributed by atoms with Gasteiger partial charge in [-0.25, -0.2) is 17.2 Å². The number of fused-ring (bicyclic) bond motifs is 8. The predicted molar refractivity (Wildman–Crippen MR) is 173 cm³/mol. The van der Waals surface area contributed by atoms with Crippen molar-refractivity contribution in [3.63, 3.8) is 0 Å². The molecule has 1 aliphatic rings. The van der Waals surface area contributed by atoms with Gasteiger partial charge in [-0.2, -0.15) is 5.10 Å². The van der Waals surface area contributed by atoms with Crippen LogP contribution in [0, 0.1) is 11.6 Å². The second kappa shape index (κ2) is 12.9. The molecular formula is C35H35F2N3O6S. The highest BCUT2D eigenvalue weighted by Crippen LogP contribution is 2.37. The molecule has 0 saturated carbocycles. The average molecular weight is 664 g/mol. The SMILES string of the molecule is CC1(C)CS(=O)(=O)CCc2c(c(F)cc3[nH]ccc23)Oc2ccc(F)c(c2)-c2ccn(n2)C(c2cccc(CCC(=O)O)c2)CCO1. The van der Waals surface area contributed by atoms with Gasteiger partial charge in [0.05, 0.1) is 28.8 Å². The van der Waals surface area contributed by atoms with E-state index in [1.807, 2.05) is 24.3 Å². The van der Waals surface area contributed by atoms with Crippen molar-refractivity contribution in [1.29, 1.82) is 0 Å². The van der Waals surface area contributed by atoms with E-state index in [-0.39, 0.29) is 48.0 Å². The Kier molecular flexibility index (Phi) is 8.91. The number of aromatic nitrogens is 3. The Morgan fingerprint density at radius 1 is 1.11 bits per heavy atom. The summed E-state index contributed by atoms with van der Waals surface area (Å²) in [5, 5.41) is 14.5. The summed E-state index contributed by atoms with van der Waals surface area (Å²) in [6, 6.07) is 15.9. The number of ether oxygens (including phenoxy) is 2. The Bertz CT molecular complexity index is 2050. The van der Waals surface area contributed by atoms with Crippen LogP contribution in [0.2, 0.25) is 0 Å². The van der Waals surface area contributed by atoms with Gasteiger partial charge >= 0.3 is 5.97 Å². The molecule has 0 saturated heterocycles. The van der Waals surface area contributed by atoms with Crippen LogP contribution >= 0.6 is 0 Å². The van der Waals surface area contributed by atoms with E-state index in [2.05, 4.69) is 4.98 Å². The van der Waals surface area contributed by atoms with E-state index in [0.29, 0.717) is 35.0 Å². The number of aliphatic carboxylic acids is 1. The minimum atomic E-state index is -3.68. The summed E-state index contributed by atoms with van der Waals surface area (Å²) in [5.74, 6) is -2.64. The van der Waals surface area contributed by atoms with E-state index in [9.17, 15) is 18.3 Å².